The fourth-order valence-electron chi connectivity index (χ4n) is 1.62. The summed E-state index contributed by atoms with van der Waals surface area (Å²) in [5.41, 5.74) is 1.31. The van der Waals surface area contributed by atoms with Crippen molar-refractivity contribution in [2.24, 2.45) is 7.05 Å². The molecule has 0 aliphatic heterocycles. The van der Waals surface area contributed by atoms with Gasteiger partial charge >= 0.3 is 0 Å². The summed E-state index contributed by atoms with van der Waals surface area (Å²) in [5, 5.41) is 12.5. The second-order valence-electron chi connectivity index (χ2n) is 4.35. The highest BCUT2D eigenvalue weighted by molar-refractivity contribution is 5.06. The molecule has 0 spiro atoms. The van der Waals surface area contributed by atoms with Crippen molar-refractivity contribution in [1.29, 1.82) is 0 Å². The monoisotopic (exact) mass is 210 g/mol. The maximum absolute atomic E-state index is 9.00. The molecule has 1 aromatic heterocycles. The Balaban J connectivity index is 2.51. The van der Waals surface area contributed by atoms with Crippen LogP contribution in [0.1, 0.15) is 32.4 Å². The van der Waals surface area contributed by atoms with Gasteiger partial charge in [-0.2, -0.15) is 0 Å². The van der Waals surface area contributed by atoms with Crippen LogP contribution < -0.4 is 5.32 Å². The molecule has 0 aliphatic carbocycles. The Morgan fingerprint density at radius 3 is 2.73 bits per heavy atom. The highest BCUT2D eigenvalue weighted by atomic mass is 16.3. The molecule has 3 heteroatoms. The summed E-state index contributed by atoms with van der Waals surface area (Å²) in [6, 6.07) is 4.16. The first-order valence-corrected chi connectivity index (χ1v) is 5.57. The zero-order valence-electron chi connectivity index (χ0n) is 9.95. The summed E-state index contributed by atoms with van der Waals surface area (Å²) in [5.74, 6) is 0. The van der Waals surface area contributed by atoms with Gasteiger partial charge in [0.1, 0.15) is 0 Å². The molecule has 0 unspecified atom stereocenters. The number of aromatic nitrogens is 1. The lowest BCUT2D eigenvalue weighted by molar-refractivity contribution is 0.214. The zero-order chi connectivity index (χ0) is 11.3. The smallest absolute Gasteiger partial charge is 0.0448 e. The second-order valence-corrected chi connectivity index (χ2v) is 4.35. The van der Waals surface area contributed by atoms with Crippen molar-refractivity contribution in [3.63, 3.8) is 0 Å². The molecule has 2 N–H and O–H groups in total. The van der Waals surface area contributed by atoms with E-state index in [-0.39, 0.29) is 12.1 Å². The van der Waals surface area contributed by atoms with E-state index >= 15 is 0 Å². The molecular weight excluding hydrogens is 188 g/mol. The SMILES string of the molecule is CC[C@@](C)(CCO)NCc1cccn1C. The molecule has 1 heterocycles. The van der Waals surface area contributed by atoms with Crippen LogP contribution in [-0.4, -0.2) is 21.8 Å². The van der Waals surface area contributed by atoms with Gasteiger partial charge in [-0.25, -0.2) is 0 Å². The van der Waals surface area contributed by atoms with Gasteiger partial charge in [-0.1, -0.05) is 6.92 Å². The molecule has 86 valence electrons. The molecule has 0 saturated heterocycles. The van der Waals surface area contributed by atoms with E-state index < -0.39 is 0 Å². The van der Waals surface area contributed by atoms with Crippen LogP contribution in [0.2, 0.25) is 0 Å². The molecule has 0 saturated carbocycles. The molecule has 0 aliphatic rings. The minimum Gasteiger partial charge on any atom is -0.396 e. The summed E-state index contributed by atoms with van der Waals surface area (Å²) < 4.78 is 2.11. The lowest BCUT2D eigenvalue weighted by Crippen LogP contribution is -2.42. The Kier molecular flexibility index (Phi) is 4.36. The Bertz CT molecular complexity index is 296. The summed E-state index contributed by atoms with van der Waals surface area (Å²) in [4.78, 5) is 0. The average Bonchev–Trinajstić information content (AvgIpc) is 2.62. The highest BCUT2D eigenvalue weighted by Crippen LogP contribution is 2.14. The standard InChI is InChI=1S/C12H22N2O/c1-4-12(2,7-9-15)13-10-11-6-5-8-14(11)3/h5-6,8,13,15H,4,7,9-10H2,1-3H3/t12-/m0/s1. The van der Waals surface area contributed by atoms with Gasteiger partial charge in [-0.3, -0.25) is 0 Å². The number of nitrogens with zero attached hydrogens (tertiary/aromatic N) is 1. The predicted octanol–water partition coefficient (Wildman–Crippen LogP) is 1.67. The van der Waals surface area contributed by atoms with Gasteiger partial charge in [0.15, 0.2) is 0 Å². The Morgan fingerprint density at radius 1 is 1.53 bits per heavy atom. The Morgan fingerprint density at radius 2 is 2.27 bits per heavy atom. The van der Waals surface area contributed by atoms with Crippen molar-refractivity contribution in [2.45, 2.75) is 38.8 Å². The molecule has 1 aromatic rings. The van der Waals surface area contributed by atoms with Gasteiger partial charge < -0.3 is 15.0 Å². The van der Waals surface area contributed by atoms with Crippen molar-refractivity contribution < 1.29 is 5.11 Å². The minimum atomic E-state index is 0.0407. The Labute approximate surface area is 92.1 Å². The topological polar surface area (TPSA) is 37.2 Å². The molecule has 0 fully saturated rings. The maximum Gasteiger partial charge on any atom is 0.0448 e. The van der Waals surface area contributed by atoms with Crippen molar-refractivity contribution in [1.82, 2.24) is 9.88 Å². The second kappa shape index (κ2) is 5.33. The van der Waals surface area contributed by atoms with Crippen LogP contribution in [0.15, 0.2) is 18.3 Å². The quantitative estimate of drug-likeness (QED) is 0.749. The van der Waals surface area contributed by atoms with Gasteiger partial charge in [0.2, 0.25) is 0 Å². The number of rotatable bonds is 6. The number of hydrogen-bond acceptors (Lipinski definition) is 2. The van der Waals surface area contributed by atoms with Crippen LogP contribution in [0.25, 0.3) is 0 Å². The van der Waals surface area contributed by atoms with Crippen LogP contribution in [0.4, 0.5) is 0 Å². The third-order valence-electron chi connectivity index (χ3n) is 3.19. The first-order chi connectivity index (χ1) is 7.11. The van der Waals surface area contributed by atoms with Crippen LogP contribution in [-0.2, 0) is 13.6 Å². The lowest BCUT2D eigenvalue weighted by Gasteiger charge is -2.29. The molecule has 0 amide bonds. The van der Waals surface area contributed by atoms with Crippen LogP contribution in [0, 0.1) is 0 Å². The molecule has 0 bridgehead atoms. The first-order valence-electron chi connectivity index (χ1n) is 5.57. The normalized spacial score (nSPS) is 15.2. The van der Waals surface area contributed by atoms with Gasteiger partial charge in [-0.05, 0) is 31.9 Å². The van der Waals surface area contributed by atoms with E-state index in [1.54, 1.807) is 0 Å². The fraction of sp³-hybridized carbons (Fsp3) is 0.667. The van der Waals surface area contributed by atoms with Crippen molar-refractivity contribution in [3.05, 3.63) is 24.0 Å². The minimum absolute atomic E-state index is 0.0407. The largest absolute Gasteiger partial charge is 0.396 e. The lowest BCUT2D eigenvalue weighted by atomic mass is 9.95. The molecule has 0 aromatic carbocycles. The predicted molar refractivity (Wildman–Crippen MR) is 62.7 cm³/mol. The molecule has 15 heavy (non-hydrogen) atoms. The zero-order valence-corrected chi connectivity index (χ0v) is 9.95. The maximum atomic E-state index is 9.00. The molecule has 3 nitrogen and oxygen atoms in total. The van der Waals surface area contributed by atoms with Crippen LogP contribution in [0.5, 0.6) is 0 Å². The Hall–Kier alpha value is -0.800. The molecule has 1 atom stereocenters. The summed E-state index contributed by atoms with van der Waals surface area (Å²) in [6.45, 7) is 5.40. The van der Waals surface area contributed by atoms with Crippen LogP contribution in [0.3, 0.4) is 0 Å². The van der Waals surface area contributed by atoms with E-state index in [1.165, 1.54) is 5.69 Å². The molecule has 0 radical (unpaired) electrons. The molecular formula is C12H22N2O. The van der Waals surface area contributed by atoms with Crippen molar-refractivity contribution in [3.8, 4) is 0 Å². The van der Waals surface area contributed by atoms with E-state index in [2.05, 4.69) is 29.8 Å². The van der Waals surface area contributed by atoms with E-state index in [9.17, 15) is 0 Å². The summed E-state index contributed by atoms with van der Waals surface area (Å²) in [7, 11) is 2.05. The number of nitrogens with one attached hydrogen (secondary N) is 1. The van der Waals surface area contributed by atoms with E-state index in [1.807, 2.05) is 19.3 Å². The first kappa shape index (κ1) is 12.3. The highest BCUT2D eigenvalue weighted by Gasteiger charge is 2.20. The van der Waals surface area contributed by atoms with E-state index in [0.717, 1.165) is 19.4 Å². The summed E-state index contributed by atoms with van der Waals surface area (Å²) in [6.07, 6.45) is 3.87. The van der Waals surface area contributed by atoms with E-state index in [4.69, 9.17) is 5.11 Å². The number of aryl methyl sites for hydroxylation is 1. The van der Waals surface area contributed by atoms with Gasteiger partial charge in [0, 0.05) is 37.6 Å². The number of aliphatic hydroxyl groups excluding tert-OH is 1. The van der Waals surface area contributed by atoms with Gasteiger partial charge in [0.25, 0.3) is 0 Å². The van der Waals surface area contributed by atoms with Gasteiger partial charge in [-0.15, -0.1) is 0 Å². The third-order valence-corrected chi connectivity index (χ3v) is 3.19. The van der Waals surface area contributed by atoms with Crippen molar-refractivity contribution >= 4 is 0 Å². The van der Waals surface area contributed by atoms with Gasteiger partial charge in [0.05, 0.1) is 0 Å². The fourth-order valence-corrected chi connectivity index (χ4v) is 1.62. The number of hydrogen-bond donors (Lipinski definition) is 2. The van der Waals surface area contributed by atoms with Crippen LogP contribution >= 0.6 is 0 Å². The van der Waals surface area contributed by atoms with E-state index in [0.29, 0.717) is 0 Å². The number of aliphatic hydroxyl groups is 1. The average molecular weight is 210 g/mol. The molecule has 1 rings (SSSR count). The third kappa shape index (κ3) is 3.36. The van der Waals surface area contributed by atoms with Crippen molar-refractivity contribution in [2.75, 3.05) is 6.61 Å². The summed E-state index contributed by atoms with van der Waals surface area (Å²) >= 11 is 0.